The first-order chi connectivity index (χ1) is 13.4. The van der Waals surface area contributed by atoms with Crippen molar-refractivity contribution in [3.05, 3.63) is 29.8 Å². The topological polar surface area (TPSA) is 48.9 Å². The molecule has 156 valence electrons. The third-order valence-electron chi connectivity index (χ3n) is 5.25. The zero-order valence-corrected chi connectivity index (χ0v) is 16.3. The average molecular weight is 398 g/mol. The number of aliphatic imine (C=N–C) groups is 1. The van der Waals surface area contributed by atoms with Crippen LogP contribution in [0.15, 0.2) is 29.3 Å². The molecule has 1 aromatic rings. The quantitative estimate of drug-likeness (QED) is 0.570. The Morgan fingerprint density at radius 2 is 1.96 bits per heavy atom. The number of benzene rings is 1. The molecule has 1 heterocycles. The van der Waals surface area contributed by atoms with Gasteiger partial charge in [0.05, 0.1) is 12.6 Å². The van der Waals surface area contributed by atoms with Gasteiger partial charge in [0.1, 0.15) is 5.75 Å². The zero-order chi connectivity index (χ0) is 20.0. The molecule has 1 unspecified atom stereocenters. The summed E-state index contributed by atoms with van der Waals surface area (Å²) in [5.74, 6) is 1.48. The smallest absolute Gasteiger partial charge is 0.401 e. The Kier molecular flexibility index (Phi) is 7.04. The molecular formula is C20H29F3N4O. The molecule has 0 bridgehead atoms. The number of likely N-dealkylation sites (tertiary alicyclic amines) is 1. The molecule has 28 heavy (non-hydrogen) atoms. The SMILES string of the molecule is CN=C(NCc1ccccc1OC1CCCC1)NC1CCN(CC(F)(F)F)C1. The number of rotatable bonds is 6. The van der Waals surface area contributed by atoms with Crippen LogP contribution in [0.3, 0.4) is 0 Å². The van der Waals surface area contributed by atoms with Crippen molar-refractivity contribution in [2.75, 3.05) is 26.7 Å². The van der Waals surface area contributed by atoms with E-state index in [0.717, 1.165) is 24.2 Å². The third kappa shape index (κ3) is 6.29. The molecular weight excluding hydrogens is 369 g/mol. The van der Waals surface area contributed by atoms with Gasteiger partial charge in [0.2, 0.25) is 0 Å². The number of ether oxygens (including phenoxy) is 1. The van der Waals surface area contributed by atoms with Gasteiger partial charge in [-0.3, -0.25) is 9.89 Å². The van der Waals surface area contributed by atoms with E-state index in [9.17, 15) is 13.2 Å². The highest BCUT2D eigenvalue weighted by molar-refractivity contribution is 5.80. The number of alkyl halides is 3. The van der Waals surface area contributed by atoms with E-state index in [1.54, 1.807) is 7.05 Å². The molecule has 0 aromatic heterocycles. The Bertz CT molecular complexity index is 659. The van der Waals surface area contributed by atoms with Gasteiger partial charge >= 0.3 is 6.18 Å². The molecule has 1 atom stereocenters. The summed E-state index contributed by atoms with van der Waals surface area (Å²) in [6.45, 7) is 0.485. The second-order valence-electron chi connectivity index (χ2n) is 7.54. The Morgan fingerprint density at radius 3 is 2.68 bits per heavy atom. The van der Waals surface area contributed by atoms with Crippen molar-refractivity contribution in [2.24, 2.45) is 4.99 Å². The monoisotopic (exact) mass is 398 g/mol. The summed E-state index contributed by atoms with van der Waals surface area (Å²) in [6, 6.07) is 7.90. The number of hydrogen-bond donors (Lipinski definition) is 2. The predicted octanol–water partition coefficient (Wildman–Crippen LogP) is 3.31. The highest BCUT2D eigenvalue weighted by Gasteiger charge is 2.34. The molecule has 2 aliphatic rings. The van der Waals surface area contributed by atoms with E-state index in [-0.39, 0.29) is 12.1 Å². The van der Waals surface area contributed by atoms with Gasteiger partial charge < -0.3 is 15.4 Å². The number of halogens is 3. The lowest BCUT2D eigenvalue weighted by Crippen LogP contribution is -2.45. The fourth-order valence-corrected chi connectivity index (χ4v) is 3.87. The summed E-state index contributed by atoms with van der Waals surface area (Å²) in [6.07, 6.45) is 1.43. The van der Waals surface area contributed by atoms with E-state index in [4.69, 9.17) is 4.74 Å². The largest absolute Gasteiger partial charge is 0.490 e. The molecule has 1 aliphatic heterocycles. The van der Waals surface area contributed by atoms with E-state index in [0.29, 0.717) is 32.0 Å². The summed E-state index contributed by atoms with van der Waals surface area (Å²) >= 11 is 0. The molecule has 5 nitrogen and oxygen atoms in total. The molecule has 1 aliphatic carbocycles. The molecule has 2 fully saturated rings. The highest BCUT2D eigenvalue weighted by atomic mass is 19.4. The molecule has 1 saturated heterocycles. The van der Waals surface area contributed by atoms with Gasteiger partial charge in [0.15, 0.2) is 5.96 Å². The van der Waals surface area contributed by atoms with Crippen molar-refractivity contribution in [3.8, 4) is 5.75 Å². The molecule has 2 N–H and O–H groups in total. The fourth-order valence-electron chi connectivity index (χ4n) is 3.87. The average Bonchev–Trinajstić information content (AvgIpc) is 3.30. The minimum atomic E-state index is -4.15. The summed E-state index contributed by atoms with van der Waals surface area (Å²) < 4.78 is 43.8. The Hall–Kier alpha value is -1.96. The predicted molar refractivity (Wildman–Crippen MR) is 104 cm³/mol. The van der Waals surface area contributed by atoms with Crippen LogP contribution in [-0.2, 0) is 6.54 Å². The van der Waals surface area contributed by atoms with Crippen LogP contribution >= 0.6 is 0 Å². The van der Waals surface area contributed by atoms with Crippen LogP contribution in [0.4, 0.5) is 13.2 Å². The first-order valence-electron chi connectivity index (χ1n) is 9.94. The Balaban J connectivity index is 1.49. The standard InChI is InChI=1S/C20H29F3N4O/c1-24-19(26-16-10-11-27(13-16)14-20(21,22)23)25-12-15-6-2-5-9-18(15)28-17-7-3-4-8-17/h2,5-6,9,16-17H,3-4,7-8,10-14H2,1H3,(H2,24,25,26). The van der Waals surface area contributed by atoms with Gasteiger partial charge in [-0.15, -0.1) is 0 Å². The van der Waals surface area contributed by atoms with Crippen molar-refractivity contribution in [1.29, 1.82) is 0 Å². The Labute approximate surface area is 164 Å². The van der Waals surface area contributed by atoms with E-state index < -0.39 is 12.7 Å². The molecule has 0 amide bonds. The van der Waals surface area contributed by atoms with Crippen LogP contribution in [0.1, 0.15) is 37.7 Å². The number of guanidine groups is 1. The van der Waals surface area contributed by atoms with Crippen molar-refractivity contribution in [3.63, 3.8) is 0 Å². The van der Waals surface area contributed by atoms with Crippen LogP contribution in [0, 0.1) is 0 Å². The zero-order valence-electron chi connectivity index (χ0n) is 16.3. The minimum Gasteiger partial charge on any atom is -0.490 e. The summed E-state index contributed by atoms with van der Waals surface area (Å²) in [5, 5.41) is 6.49. The van der Waals surface area contributed by atoms with Crippen LogP contribution in [0.2, 0.25) is 0 Å². The fraction of sp³-hybridized carbons (Fsp3) is 0.650. The molecule has 0 spiro atoms. The van der Waals surface area contributed by atoms with Gasteiger partial charge in [-0.2, -0.15) is 13.2 Å². The second-order valence-corrected chi connectivity index (χ2v) is 7.54. The van der Waals surface area contributed by atoms with Crippen LogP contribution in [0.25, 0.3) is 0 Å². The van der Waals surface area contributed by atoms with E-state index in [1.165, 1.54) is 17.7 Å². The van der Waals surface area contributed by atoms with Gasteiger partial charge in [-0.25, -0.2) is 0 Å². The van der Waals surface area contributed by atoms with Crippen molar-refractivity contribution >= 4 is 5.96 Å². The molecule has 3 rings (SSSR count). The molecule has 0 radical (unpaired) electrons. The van der Waals surface area contributed by atoms with Crippen molar-refractivity contribution < 1.29 is 17.9 Å². The lowest BCUT2D eigenvalue weighted by atomic mass is 10.2. The number of nitrogens with one attached hydrogen (secondary N) is 2. The van der Waals surface area contributed by atoms with E-state index in [1.807, 2.05) is 24.3 Å². The van der Waals surface area contributed by atoms with Crippen molar-refractivity contribution in [2.45, 2.75) is 57.0 Å². The molecule has 1 saturated carbocycles. The number of nitrogens with zero attached hydrogens (tertiary/aromatic N) is 2. The normalized spacial score (nSPS) is 21.9. The highest BCUT2D eigenvalue weighted by Crippen LogP contribution is 2.26. The maximum atomic E-state index is 12.5. The van der Waals surface area contributed by atoms with E-state index in [2.05, 4.69) is 15.6 Å². The third-order valence-corrected chi connectivity index (χ3v) is 5.25. The van der Waals surface area contributed by atoms with Gasteiger partial charge in [0, 0.05) is 38.3 Å². The van der Waals surface area contributed by atoms with Crippen molar-refractivity contribution in [1.82, 2.24) is 15.5 Å². The minimum absolute atomic E-state index is 0.0430. The summed E-state index contributed by atoms with van der Waals surface area (Å²) in [4.78, 5) is 5.64. The number of para-hydroxylation sites is 1. The lowest BCUT2D eigenvalue weighted by Gasteiger charge is -2.20. The molecule has 8 heteroatoms. The van der Waals surface area contributed by atoms with Crippen LogP contribution < -0.4 is 15.4 Å². The Morgan fingerprint density at radius 1 is 1.21 bits per heavy atom. The van der Waals surface area contributed by atoms with Gasteiger partial charge in [-0.1, -0.05) is 18.2 Å². The first kappa shape index (κ1) is 20.8. The van der Waals surface area contributed by atoms with E-state index >= 15 is 0 Å². The van der Waals surface area contributed by atoms with Crippen LogP contribution in [-0.4, -0.2) is 55.9 Å². The van der Waals surface area contributed by atoms with Gasteiger partial charge in [0.25, 0.3) is 0 Å². The maximum Gasteiger partial charge on any atom is 0.401 e. The maximum absolute atomic E-state index is 12.5. The molecule has 1 aromatic carbocycles. The lowest BCUT2D eigenvalue weighted by molar-refractivity contribution is -0.143. The summed E-state index contributed by atoms with van der Waals surface area (Å²) in [5.41, 5.74) is 1.04. The van der Waals surface area contributed by atoms with Gasteiger partial charge in [-0.05, 0) is 38.2 Å². The number of hydrogen-bond acceptors (Lipinski definition) is 3. The van der Waals surface area contributed by atoms with Crippen LogP contribution in [0.5, 0.6) is 5.75 Å². The summed E-state index contributed by atoms with van der Waals surface area (Å²) in [7, 11) is 1.67. The first-order valence-corrected chi connectivity index (χ1v) is 9.94. The second kappa shape index (κ2) is 9.49.